The van der Waals surface area contributed by atoms with Gasteiger partial charge in [-0.25, -0.2) is 4.39 Å². The predicted molar refractivity (Wildman–Crippen MR) is 121 cm³/mol. The number of halogens is 2. The van der Waals surface area contributed by atoms with Gasteiger partial charge in [0.1, 0.15) is 17.3 Å². The summed E-state index contributed by atoms with van der Waals surface area (Å²) in [6, 6.07) is 4.21. The van der Waals surface area contributed by atoms with Crippen molar-refractivity contribution < 1.29 is 18.7 Å². The number of hydrogen-bond donors (Lipinski definition) is 2. The summed E-state index contributed by atoms with van der Waals surface area (Å²) < 4.78 is 18.9. The largest absolute Gasteiger partial charge is 0.484 e. The molecule has 1 heterocycles. The van der Waals surface area contributed by atoms with Crippen LogP contribution in [0.2, 0.25) is 5.02 Å². The lowest BCUT2D eigenvalue weighted by Crippen LogP contribution is -2.45. The number of nitrogens with zero attached hydrogens (tertiary/aromatic N) is 2. The first kappa shape index (κ1) is 22.7. The molecule has 1 aliphatic heterocycles. The highest BCUT2D eigenvalue weighted by Crippen LogP contribution is 2.47. The zero-order valence-corrected chi connectivity index (χ0v) is 18.8. The van der Waals surface area contributed by atoms with Crippen molar-refractivity contribution in [3.63, 3.8) is 0 Å². The third-order valence-corrected chi connectivity index (χ3v) is 6.89. The Balaban J connectivity index is 1.26. The number of rotatable bonds is 8. The first-order valence-electron chi connectivity index (χ1n) is 11.2. The van der Waals surface area contributed by atoms with E-state index < -0.39 is 5.82 Å². The van der Waals surface area contributed by atoms with Crippen molar-refractivity contribution in [2.45, 2.75) is 57.2 Å². The number of hydrogen-bond acceptors (Lipinski definition) is 5. The van der Waals surface area contributed by atoms with Crippen LogP contribution in [0.1, 0.15) is 39.0 Å². The average Bonchev–Trinajstić information content (AvgIpc) is 2.96. The van der Waals surface area contributed by atoms with Gasteiger partial charge in [-0.05, 0) is 49.7 Å². The molecule has 0 spiro atoms. The summed E-state index contributed by atoms with van der Waals surface area (Å²) in [7, 11) is 0. The Labute approximate surface area is 191 Å². The van der Waals surface area contributed by atoms with Crippen LogP contribution in [-0.2, 0) is 9.59 Å². The van der Waals surface area contributed by atoms with Gasteiger partial charge in [0, 0.05) is 18.2 Å². The fraction of sp³-hybridized carbons (Fsp3) is 0.565. The third-order valence-electron chi connectivity index (χ3n) is 6.58. The number of benzene rings is 1. The van der Waals surface area contributed by atoms with E-state index >= 15 is 0 Å². The molecule has 9 heteroatoms. The van der Waals surface area contributed by atoms with Crippen molar-refractivity contribution in [2.24, 2.45) is 21.8 Å². The van der Waals surface area contributed by atoms with Gasteiger partial charge >= 0.3 is 0 Å². The highest BCUT2D eigenvalue weighted by molar-refractivity contribution is 6.61. The number of carbonyl (C=O) groups excluding carboxylic acids is 2. The summed E-state index contributed by atoms with van der Waals surface area (Å²) in [5, 5.41) is 6.12. The van der Waals surface area contributed by atoms with E-state index in [0.29, 0.717) is 30.5 Å². The first-order valence-corrected chi connectivity index (χ1v) is 11.6. The molecular formula is C23H28ClFN4O3. The van der Waals surface area contributed by atoms with E-state index in [2.05, 4.69) is 27.5 Å². The Kier molecular flexibility index (Phi) is 7.08. The topological polar surface area (TPSA) is 92.2 Å². The lowest BCUT2D eigenvalue weighted by molar-refractivity contribution is -0.124. The molecule has 5 unspecified atom stereocenters. The Hall–Kier alpha value is -2.48. The van der Waals surface area contributed by atoms with Gasteiger partial charge in [0.15, 0.2) is 6.61 Å². The maximum absolute atomic E-state index is 13.5. The molecule has 0 saturated heterocycles. The van der Waals surface area contributed by atoms with Crippen LogP contribution in [0.25, 0.3) is 0 Å². The number of carbonyl (C=O) groups is 2. The average molecular weight is 463 g/mol. The van der Waals surface area contributed by atoms with Crippen LogP contribution in [0.3, 0.4) is 0 Å². The molecule has 2 saturated carbocycles. The Bertz CT molecular complexity index is 938. The molecule has 0 radical (unpaired) electrons. The van der Waals surface area contributed by atoms with Crippen molar-refractivity contribution in [2.75, 3.05) is 13.2 Å². The molecule has 4 rings (SSSR count). The summed E-state index contributed by atoms with van der Waals surface area (Å²) in [6.45, 7) is 2.45. The second-order valence-electron chi connectivity index (χ2n) is 8.71. The lowest BCUT2D eigenvalue weighted by atomic mass is 9.73. The van der Waals surface area contributed by atoms with E-state index in [1.54, 1.807) is 6.21 Å². The molecule has 0 aromatic heterocycles. The number of nitrogens with one attached hydrogen (secondary N) is 2. The molecular weight excluding hydrogens is 435 g/mol. The Morgan fingerprint density at radius 3 is 2.59 bits per heavy atom. The fourth-order valence-corrected chi connectivity index (χ4v) is 4.93. The molecule has 3 aliphatic rings. The summed E-state index contributed by atoms with van der Waals surface area (Å²) in [5.41, 5.74) is 0.379. The van der Waals surface area contributed by atoms with Crippen LogP contribution < -0.4 is 15.4 Å². The first-order chi connectivity index (χ1) is 15.4. The molecule has 2 amide bonds. The highest BCUT2D eigenvalue weighted by atomic mass is 35.5. The maximum Gasteiger partial charge on any atom is 0.271 e. The minimum Gasteiger partial charge on any atom is -0.484 e. The molecule has 32 heavy (non-hydrogen) atoms. The smallest absolute Gasteiger partial charge is 0.271 e. The second kappa shape index (κ2) is 9.98. The highest BCUT2D eigenvalue weighted by Gasteiger charge is 2.49. The zero-order valence-electron chi connectivity index (χ0n) is 18.0. The van der Waals surface area contributed by atoms with Crippen molar-refractivity contribution in [3.8, 4) is 5.75 Å². The normalized spacial score (nSPS) is 28.3. The van der Waals surface area contributed by atoms with Gasteiger partial charge in [-0.2, -0.15) is 0 Å². The number of ether oxygens (including phenoxy) is 1. The second-order valence-corrected chi connectivity index (χ2v) is 9.11. The molecule has 2 fully saturated rings. The van der Waals surface area contributed by atoms with E-state index in [0.717, 1.165) is 31.7 Å². The van der Waals surface area contributed by atoms with E-state index in [1.807, 2.05) is 0 Å². The van der Waals surface area contributed by atoms with E-state index in [1.165, 1.54) is 12.1 Å². The SMILES string of the molecule is CCCC1CN=C(C(=O)NC2CC(NC(=O)COc3ccc(Cl)c(F)c3)C3CCC23)C=N1. The van der Waals surface area contributed by atoms with Crippen molar-refractivity contribution >= 4 is 35.3 Å². The van der Waals surface area contributed by atoms with Crippen LogP contribution in [-0.4, -0.2) is 55.0 Å². The zero-order chi connectivity index (χ0) is 22.7. The quantitative estimate of drug-likeness (QED) is 0.622. The van der Waals surface area contributed by atoms with Crippen LogP contribution >= 0.6 is 11.6 Å². The van der Waals surface area contributed by atoms with Crippen LogP contribution in [0.5, 0.6) is 5.75 Å². The monoisotopic (exact) mass is 462 g/mol. The summed E-state index contributed by atoms with van der Waals surface area (Å²) in [5.74, 6) is -0.119. The minimum atomic E-state index is -0.593. The standard InChI is InChI=1S/C23H28ClFN4O3/c1-2-3-13-10-27-21(11-26-13)23(31)29-20-9-19(15-5-6-16(15)20)28-22(30)12-32-14-4-7-17(24)18(25)8-14/h4,7-8,11,13,15-16,19-20H,2-3,5-6,9-10,12H2,1H3,(H,28,30)(H,29,31). The molecule has 172 valence electrons. The number of fused-ring (bicyclic) bond motifs is 1. The van der Waals surface area contributed by atoms with Crippen LogP contribution in [0, 0.1) is 17.7 Å². The Morgan fingerprint density at radius 1 is 1.22 bits per heavy atom. The molecule has 0 bridgehead atoms. The number of aliphatic imine (C=N–C) groups is 2. The molecule has 2 aliphatic carbocycles. The van der Waals surface area contributed by atoms with E-state index in [4.69, 9.17) is 16.3 Å². The summed E-state index contributed by atoms with van der Waals surface area (Å²) in [6.07, 6.45) is 6.32. The van der Waals surface area contributed by atoms with Crippen LogP contribution in [0.4, 0.5) is 4.39 Å². The maximum atomic E-state index is 13.5. The van der Waals surface area contributed by atoms with Crippen molar-refractivity contribution in [1.29, 1.82) is 0 Å². The fourth-order valence-electron chi connectivity index (χ4n) is 4.81. The molecule has 5 atom stereocenters. The van der Waals surface area contributed by atoms with Crippen molar-refractivity contribution in [3.05, 3.63) is 29.0 Å². The molecule has 2 N–H and O–H groups in total. The predicted octanol–water partition coefficient (Wildman–Crippen LogP) is 2.95. The number of amides is 2. The minimum absolute atomic E-state index is 0.00212. The van der Waals surface area contributed by atoms with Gasteiger partial charge in [0.2, 0.25) is 0 Å². The van der Waals surface area contributed by atoms with Gasteiger partial charge in [0.05, 0.1) is 23.8 Å². The van der Waals surface area contributed by atoms with E-state index in [9.17, 15) is 14.0 Å². The molecule has 1 aromatic rings. The molecule has 7 nitrogen and oxygen atoms in total. The van der Waals surface area contributed by atoms with E-state index in [-0.39, 0.29) is 47.3 Å². The van der Waals surface area contributed by atoms with Gasteiger partial charge in [-0.3, -0.25) is 19.6 Å². The van der Waals surface area contributed by atoms with Crippen LogP contribution in [0.15, 0.2) is 28.2 Å². The van der Waals surface area contributed by atoms with Gasteiger partial charge < -0.3 is 15.4 Å². The summed E-state index contributed by atoms with van der Waals surface area (Å²) in [4.78, 5) is 33.9. The van der Waals surface area contributed by atoms with Gasteiger partial charge in [-0.1, -0.05) is 24.9 Å². The van der Waals surface area contributed by atoms with Gasteiger partial charge in [-0.15, -0.1) is 0 Å². The van der Waals surface area contributed by atoms with Crippen molar-refractivity contribution in [1.82, 2.24) is 10.6 Å². The van der Waals surface area contributed by atoms with Gasteiger partial charge in [0.25, 0.3) is 11.8 Å². The summed E-state index contributed by atoms with van der Waals surface area (Å²) >= 11 is 5.66. The third kappa shape index (κ3) is 5.11. The molecule has 1 aromatic carbocycles. The Morgan fingerprint density at radius 2 is 1.97 bits per heavy atom. The lowest BCUT2D eigenvalue weighted by Gasteiger charge is -2.36.